The molecule has 0 spiro atoms. The molecule has 0 saturated carbocycles. The normalized spacial score (nSPS) is 10.0. The summed E-state index contributed by atoms with van der Waals surface area (Å²) in [4.78, 5) is 23.1. The van der Waals surface area contributed by atoms with Gasteiger partial charge in [0.1, 0.15) is 5.75 Å². The Balaban J connectivity index is 2.01. The van der Waals surface area contributed by atoms with Crippen molar-refractivity contribution in [3.05, 3.63) is 59.7 Å². The van der Waals surface area contributed by atoms with Gasteiger partial charge in [0, 0.05) is 24.2 Å². The number of anilines is 1. The van der Waals surface area contributed by atoms with Gasteiger partial charge in [-0.1, -0.05) is 30.3 Å². The quantitative estimate of drug-likeness (QED) is 0.857. The van der Waals surface area contributed by atoms with Crippen molar-refractivity contribution in [1.29, 1.82) is 0 Å². The lowest BCUT2D eigenvalue weighted by Gasteiger charge is -2.09. The molecule has 0 saturated heterocycles. The van der Waals surface area contributed by atoms with Crippen molar-refractivity contribution in [2.75, 3.05) is 11.9 Å². The molecule has 0 aromatic heterocycles. The van der Waals surface area contributed by atoms with Gasteiger partial charge in [0.25, 0.3) is 0 Å². The number of nitrogens with one attached hydrogen (secondary N) is 1. The highest BCUT2D eigenvalue weighted by atomic mass is 16.5. The fraction of sp³-hybridized carbons (Fsp3) is 0.176. The van der Waals surface area contributed by atoms with Gasteiger partial charge in [0.2, 0.25) is 5.91 Å². The predicted octanol–water partition coefficient (Wildman–Crippen LogP) is 3.22. The number of hydrogen-bond donors (Lipinski definition) is 1. The van der Waals surface area contributed by atoms with E-state index < -0.39 is 0 Å². The Hall–Kier alpha value is -2.62. The first-order chi connectivity index (χ1) is 10.1. The van der Waals surface area contributed by atoms with E-state index in [9.17, 15) is 9.59 Å². The SMILES string of the molecule is CC(=O)Nc1cccc(OCC(=O)c2ccccc2C)c1. The fourth-order valence-electron chi connectivity index (χ4n) is 1.98. The molecule has 1 amide bonds. The van der Waals surface area contributed by atoms with Gasteiger partial charge in [0.05, 0.1) is 0 Å². The van der Waals surface area contributed by atoms with Crippen LogP contribution in [0.25, 0.3) is 0 Å². The van der Waals surface area contributed by atoms with Gasteiger partial charge in [-0.25, -0.2) is 0 Å². The molecule has 0 fully saturated rings. The second kappa shape index (κ2) is 6.70. The van der Waals surface area contributed by atoms with Crippen molar-refractivity contribution in [2.45, 2.75) is 13.8 Å². The van der Waals surface area contributed by atoms with Crippen molar-refractivity contribution in [2.24, 2.45) is 0 Å². The summed E-state index contributed by atoms with van der Waals surface area (Å²) < 4.78 is 5.50. The first-order valence-electron chi connectivity index (χ1n) is 6.65. The van der Waals surface area contributed by atoms with Crippen LogP contribution in [0.3, 0.4) is 0 Å². The number of ketones is 1. The summed E-state index contributed by atoms with van der Waals surface area (Å²) in [6, 6.07) is 14.4. The van der Waals surface area contributed by atoms with Crippen LogP contribution in [0.1, 0.15) is 22.8 Å². The highest BCUT2D eigenvalue weighted by Crippen LogP contribution is 2.18. The maximum Gasteiger partial charge on any atom is 0.221 e. The molecular weight excluding hydrogens is 266 g/mol. The Labute approximate surface area is 123 Å². The van der Waals surface area contributed by atoms with E-state index in [0.717, 1.165) is 5.56 Å². The average molecular weight is 283 g/mol. The molecule has 4 heteroatoms. The topological polar surface area (TPSA) is 55.4 Å². The lowest BCUT2D eigenvalue weighted by molar-refractivity contribution is -0.114. The van der Waals surface area contributed by atoms with Crippen LogP contribution in [0.5, 0.6) is 5.75 Å². The van der Waals surface area contributed by atoms with Gasteiger partial charge < -0.3 is 10.1 Å². The Morgan fingerprint density at radius 1 is 1.10 bits per heavy atom. The number of rotatable bonds is 5. The molecule has 0 aliphatic carbocycles. The molecule has 4 nitrogen and oxygen atoms in total. The number of hydrogen-bond acceptors (Lipinski definition) is 3. The van der Waals surface area contributed by atoms with Gasteiger partial charge in [-0.05, 0) is 24.6 Å². The maximum atomic E-state index is 12.1. The first kappa shape index (κ1) is 14.8. The minimum Gasteiger partial charge on any atom is -0.485 e. The molecule has 0 atom stereocenters. The summed E-state index contributed by atoms with van der Waals surface area (Å²) in [7, 11) is 0. The highest BCUT2D eigenvalue weighted by molar-refractivity contribution is 5.98. The Bertz CT molecular complexity index is 665. The van der Waals surface area contributed by atoms with Crippen LogP contribution in [0.15, 0.2) is 48.5 Å². The first-order valence-corrected chi connectivity index (χ1v) is 6.65. The lowest BCUT2D eigenvalue weighted by Crippen LogP contribution is -2.13. The van der Waals surface area contributed by atoms with Crippen molar-refractivity contribution in [3.63, 3.8) is 0 Å². The standard InChI is InChI=1S/C17H17NO3/c1-12-6-3-4-9-16(12)17(20)11-21-15-8-5-7-14(10-15)18-13(2)19/h3-10H,11H2,1-2H3,(H,18,19). The molecule has 108 valence electrons. The highest BCUT2D eigenvalue weighted by Gasteiger charge is 2.09. The van der Waals surface area contributed by atoms with Crippen LogP contribution in [0, 0.1) is 6.92 Å². The number of amides is 1. The number of carbonyl (C=O) groups is 2. The zero-order valence-electron chi connectivity index (χ0n) is 12.1. The molecular formula is C17H17NO3. The van der Waals surface area contributed by atoms with Crippen molar-refractivity contribution < 1.29 is 14.3 Å². The summed E-state index contributed by atoms with van der Waals surface area (Å²) in [5.74, 6) is 0.323. The maximum absolute atomic E-state index is 12.1. The number of aryl methyl sites for hydroxylation is 1. The average Bonchev–Trinajstić information content (AvgIpc) is 2.45. The molecule has 0 heterocycles. The molecule has 0 radical (unpaired) electrons. The van der Waals surface area contributed by atoms with Crippen molar-refractivity contribution >= 4 is 17.4 Å². The third kappa shape index (κ3) is 4.18. The minimum atomic E-state index is -0.150. The van der Waals surface area contributed by atoms with E-state index in [4.69, 9.17) is 4.74 Å². The van der Waals surface area contributed by atoms with Gasteiger partial charge >= 0.3 is 0 Å². The zero-order chi connectivity index (χ0) is 15.2. The number of carbonyl (C=O) groups excluding carboxylic acids is 2. The van der Waals surface area contributed by atoms with Crippen molar-refractivity contribution in [3.8, 4) is 5.75 Å². The fourth-order valence-corrected chi connectivity index (χ4v) is 1.98. The van der Waals surface area contributed by atoms with Crippen LogP contribution >= 0.6 is 0 Å². The van der Waals surface area contributed by atoms with E-state index in [-0.39, 0.29) is 18.3 Å². The van der Waals surface area contributed by atoms with E-state index in [2.05, 4.69) is 5.32 Å². The van der Waals surface area contributed by atoms with Gasteiger partial charge in [-0.3, -0.25) is 9.59 Å². The summed E-state index contributed by atoms with van der Waals surface area (Å²) in [5.41, 5.74) is 2.23. The molecule has 2 aromatic rings. The van der Waals surface area contributed by atoms with E-state index in [1.165, 1.54) is 6.92 Å². The Kier molecular flexibility index (Phi) is 4.72. The van der Waals surface area contributed by atoms with E-state index in [1.807, 2.05) is 25.1 Å². The molecule has 21 heavy (non-hydrogen) atoms. The lowest BCUT2D eigenvalue weighted by atomic mass is 10.1. The number of ether oxygens (including phenoxy) is 1. The van der Waals surface area contributed by atoms with Crippen molar-refractivity contribution in [1.82, 2.24) is 0 Å². The molecule has 2 aromatic carbocycles. The molecule has 0 unspecified atom stereocenters. The third-order valence-electron chi connectivity index (χ3n) is 2.97. The van der Waals surface area contributed by atoms with E-state index in [1.54, 1.807) is 30.3 Å². The second-order valence-corrected chi connectivity index (χ2v) is 4.74. The number of Topliss-reactive ketones (excluding diaryl/α,β-unsaturated/α-hetero) is 1. The molecule has 0 bridgehead atoms. The minimum absolute atomic E-state index is 0.0334. The largest absolute Gasteiger partial charge is 0.485 e. The summed E-state index contributed by atoms with van der Waals surface area (Å²) in [6.45, 7) is 3.30. The van der Waals surface area contributed by atoms with Crippen LogP contribution in [-0.4, -0.2) is 18.3 Å². The van der Waals surface area contributed by atoms with E-state index >= 15 is 0 Å². The summed E-state index contributed by atoms with van der Waals surface area (Å²) in [5, 5.41) is 2.67. The predicted molar refractivity (Wildman–Crippen MR) is 81.8 cm³/mol. The second-order valence-electron chi connectivity index (χ2n) is 4.74. The van der Waals surface area contributed by atoms with Crippen LogP contribution in [0.2, 0.25) is 0 Å². The van der Waals surface area contributed by atoms with Crippen LogP contribution in [-0.2, 0) is 4.79 Å². The van der Waals surface area contributed by atoms with Crippen LogP contribution in [0.4, 0.5) is 5.69 Å². The summed E-state index contributed by atoms with van der Waals surface area (Å²) >= 11 is 0. The molecule has 0 aliphatic heterocycles. The van der Waals surface area contributed by atoms with Gasteiger partial charge in [-0.15, -0.1) is 0 Å². The summed E-state index contributed by atoms with van der Waals surface area (Å²) in [6.07, 6.45) is 0. The molecule has 2 rings (SSSR count). The molecule has 1 N–H and O–H groups in total. The number of benzene rings is 2. The Morgan fingerprint density at radius 3 is 2.57 bits per heavy atom. The van der Waals surface area contributed by atoms with E-state index in [0.29, 0.717) is 17.0 Å². The zero-order valence-corrected chi connectivity index (χ0v) is 12.1. The van der Waals surface area contributed by atoms with Gasteiger partial charge in [-0.2, -0.15) is 0 Å². The van der Waals surface area contributed by atoms with Crippen LogP contribution < -0.4 is 10.1 Å². The Morgan fingerprint density at radius 2 is 1.86 bits per heavy atom. The smallest absolute Gasteiger partial charge is 0.221 e. The molecule has 0 aliphatic rings. The van der Waals surface area contributed by atoms with Gasteiger partial charge in [0.15, 0.2) is 12.4 Å². The third-order valence-corrected chi connectivity index (χ3v) is 2.97. The monoisotopic (exact) mass is 283 g/mol.